The smallest absolute Gasteiger partial charge is 0.162 e. The van der Waals surface area contributed by atoms with Crippen molar-refractivity contribution in [1.82, 2.24) is 20.4 Å². The molecule has 0 saturated heterocycles. The third kappa shape index (κ3) is 4.85. The van der Waals surface area contributed by atoms with Gasteiger partial charge in [0.25, 0.3) is 0 Å². The van der Waals surface area contributed by atoms with Crippen LogP contribution >= 0.6 is 11.6 Å². The zero-order valence-corrected chi connectivity index (χ0v) is 21.8. The molecule has 192 valence electrons. The van der Waals surface area contributed by atoms with E-state index in [1.54, 1.807) is 26.5 Å². The average Bonchev–Trinajstić information content (AvgIpc) is 2.98. The first-order chi connectivity index (χ1) is 19.1. The number of hydrogen-bond acceptors (Lipinski definition) is 8. The van der Waals surface area contributed by atoms with Gasteiger partial charge in [-0.15, -0.1) is 10.2 Å². The minimum Gasteiger partial charge on any atom is -0.493 e. The SMILES string of the molecule is COc1cc2nncc(Oc3ccc(Nc4nnc(-c5ccc(Cl)cc5)c5ccccc45)cc3)c2cc1OC. The van der Waals surface area contributed by atoms with Crippen LogP contribution in [0.3, 0.4) is 0 Å². The normalized spacial score (nSPS) is 10.9. The van der Waals surface area contributed by atoms with E-state index in [0.29, 0.717) is 39.4 Å². The van der Waals surface area contributed by atoms with E-state index >= 15 is 0 Å². The van der Waals surface area contributed by atoms with Gasteiger partial charge in [0.1, 0.15) is 17.0 Å². The summed E-state index contributed by atoms with van der Waals surface area (Å²) in [5.41, 5.74) is 3.22. The lowest BCUT2D eigenvalue weighted by Gasteiger charge is -2.13. The molecule has 2 heterocycles. The summed E-state index contributed by atoms with van der Waals surface area (Å²) in [6.45, 7) is 0. The van der Waals surface area contributed by atoms with Crippen molar-refractivity contribution in [3.63, 3.8) is 0 Å². The van der Waals surface area contributed by atoms with Gasteiger partial charge < -0.3 is 19.5 Å². The second-order valence-electron chi connectivity index (χ2n) is 8.63. The highest BCUT2D eigenvalue weighted by molar-refractivity contribution is 6.30. The van der Waals surface area contributed by atoms with Crippen molar-refractivity contribution in [2.24, 2.45) is 0 Å². The summed E-state index contributed by atoms with van der Waals surface area (Å²) in [5, 5.41) is 24.0. The van der Waals surface area contributed by atoms with Crippen molar-refractivity contribution in [3.05, 3.63) is 96.1 Å². The maximum atomic E-state index is 6.15. The summed E-state index contributed by atoms with van der Waals surface area (Å²) in [6, 6.07) is 26.8. The molecule has 39 heavy (non-hydrogen) atoms. The summed E-state index contributed by atoms with van der Waals surface area (Å²) < 4.78 is 17.0. The zero-order chi connectivity index (χ0) is 26.8. The van der Waals surface area contributed by atoms with Gasteiger partial charge in [-0.05, 0) is 42.5 Å². The molecule has 0 aliphatic heterocycles. The predicted molar refractivity (Wildman–Crippen MR) is 152 cm³/mol. The van der Waals surface area contributed by atoms with Gasteiger partial charge in [-0.3, -0.25) is 0 Å². The van der Waals surface area contributed by atoms with E-state index < -0.39 is 0 Å². The minimum atomic E-state index is 0.552. The second kappa shape index (κ2) is 10.4. The first-order valence-corrected chi connectivity index (χ1v) is 12.4. The molecule has 0 spiro atoms. The number of benzene rings is 4. The number of ether oxygens (including phenoxy) is 3. The van der Waals surface area contributed by atoms with E-state index in [-0.39, 0.29) is 0 Å². The molecular formula is C30H22ClN5O3. The van der Waals surface area contributed by atoms with E-state index in [4.69, 9.17) is 25.8 Å². The number of anilines is 2. The van der Waals surface area contributed by atoms with Gasteiger partial charge in [0.2, 0.25) is 0 Å². The van der Waals surface area contributed by atoms with Crippen LogP contribution in [0.5, 0.6) is 23.0 Å². The lowest BCUT2D eigenvalue weighted by Crippen LogP contribution is -1.99. The van der Waals surface area contributed by atoms with Crippen LogP contribution in [0.25, 0.3) is 32.9 Å². The van der Waals surface area contributed by atoms with Gasteiger partial charge in [-0.25, -0.2) is 0 Å². The first-order valence-electron chi connectivity index (χ1n) is 12.1. The number of rotatable bonds is 7. The summed E-state index contributed by atoms with van der Waals surface area (Å²) in [7, 11) is 3.17. The number of hydrogen-bond donors (Lipinski definition) is 1. The zero-order valence-electron chi connectivity index (χ0n) is 21.1. The molecule has 6 aromatic rings. The van der Waals surface area contributed by atoms with Crippen LogP contribution in [-0.4, -0.2) is 34.6 Å². The number of nitrogens with one attached hydrogen (secondary N) is 1. The van der Waals surface area contributed by atoms with E-state index in [1.165, 1.54) is 0 Å². The number of nitrogens with zero attached hydrogens (tertiary/aromatic N) is 4. The second-order valence-corrected chi connectivity index (χ2v) is 9.07. The Labute approximate surface area is 229 Å². The monoisotopic (exact) mass is 535 g/mol. The highest BCUT2D eigenvalue weighted by Crippen LogP contribution is 2.37. The Morgan fingerprint density at radius 1 is 0.692 bits per heavy atom. The Morgan fingerprint density at radius 3 is 2.15 bits per heavy atom. The van der Waals surface area contributed by atoms with Gasteiger partial charge >= 0.3 is 0 Å². The molecule has 0 amide bonds. The third-order valence-electron chi connectivity index (χ3n) is 6.26. The molecular weight excluding hydrogens is 514 g/mol. The van der Waals surface area contributed by atoms with Gasteiger partial charge in [0.05, 0.1) is 25.8 Å². The maximum absolute atomic E-state index is 6.15. The van der Waals surface area contributed by atoms with Crippen LogP contribution in [0.1, 0.15) is 0 Å². The predicted octanol–water partition coefficient (Wildman–Crippen LogP) is 7.45. The lowest BCUT2D eigenvalue weighted by atomic mass is 10.0. The molecule has 4 aromatic carbocycles. The van der Waals surface area contributed by atoms with E-state index in [0.717, 1.165) is 33.1 Å². The highest BCUT2D eigenvalue weighted by Gasteiger charge is 2.13. The fraction of sp³-hybridized carbons (Fsp3) is 0.0667. The molecule has 0 fully saturated rings. The molecule has 0 atom stereocenters. The Balaban J connectivity index is 1.27. The van der Waals surface area contributed by atoms with Gasteiger partial charge in [-0.2, -0.15) is 10.2 Å². The molecule has 8 nitrogen and oxygen atoms in total. The minimum absolute atomic E-state index is 0.552. The molecule has 9 heteroatoms. The molecule has 0 aliphatic rings. The van der Waals surface area contributed by atoms with Gasteiger partial charge in [-0.1, -0.05) is 48.0 Å². The quantitative estimate of drug-likeness (QED) is 0.225. The Kier molecular flexibility index (Phi) is 6.52. The van der Waals surface area contributed by atoms with Crippen molar-refractivity contribution in [1.29, 1.82) is 0 Å². The summed E-state index contributed by atoms with van der Waals surface area (Å²) in [4.78, 5) is 0. The summed E-state index contributed by atoms with van der Waals surface area (Å²) >= 11 is 6.07. The highest BCUT2D eigenvalue weighted by atomic mass is 35.5. The van der Waals surface area contributed by atoms with Crippen LogP contribution < -0.4 is 19.5 Å². The average molecular weight is 536 g/mol. The third-order valence-corrected chi connectivity index (χ3v) is 6.51. The van der Waals surface area contributed by atoms with Crippen LogP contribution in [0.15, 0.2) is 91.1 Å². The van der Waals surface area contributed by atoms with Crippen LogP contribution in [0.4, 0.5) is 11.5 Å². The molecule has 1 N–H and O–H groups in total. The molecule has 0 bridgehead atoms. The van der Waals surface area contributed by atoms with Crippen LogP contribution in [-0.2, 0) is 0 Å². The Bertz CT molecular complexity index is 1790. The largest absolute Gasteiger partial charge is 0.493 e. The molecule has 6 rings (SSSR count). The molecule has 0 saturated carbocycles. The maximum Gasteiger partial charge on any atom is 0.162 e. The topological polar surface area (TPSA) is 91.3 Å². The fourth-order valence-electron chi connectivity index (χ4n) is 4.33. The fourth-order valence-corrected chi connectivity index (χ4v) is 4.46. The van der Waals surface area contributed by atoms with Gasteiger partial charge in [0.15, 0.2) is 23.1 Å². The van der Waals surface area contributed by atoms with Crippen molar-refractivity contribution >= 4 is 44.8 Å². The standard InChI is InChI=1S/C30H22ClN5O3/c1-37-26-15-24-25(16-27(26)38-2)34-32-17-28(24)39-21-13-11-20(12-14-21)33-30-23-6-4-3-5-22(23)29(35-36-30)18-7-9-19(31)10-8-18/h3-17H,1-2H3,(H,33,36). The molecule has 0 aliphatic carbocycles. The van der Waals surface area contributed by atoms with Gasteiger partial charge in [0, 0.05) is 33.1 Å². The number of halogens is 1. The first kappa shape index (κ1) is 24.4. The molecule has 0 radical (unpaired) electrons. The van der Waals surface area contributed by atoms with Crippen molar-refractivity contribution in [2.45, 2.75) is 0 Å². The van der Waals surface area contributed by atoms with Crippen molar-refractivity contribution < 1.29 is 14.2 Å². The molecule has 0 unspecified atom stereocenters. The van der Waals surface area contributed by atoms with Crippen molar-refractivity contribution in [3.8, 4) is 34.3 Å². The number of aromatic nitrogens is 4. The van der Waals surface area contributed by atoms with E-state index in [1.807, 2.05) is 78.9 Å². The summed E-state index contributed by atoms with van der Waals surface area (Å²) in [5.74, 6) is 3.00. The van der Waals surface area contributed by atoms with Crippen LogP contribution in [0.2, 0.25) is 5.02 Å². The number of methoxy groups -OCH3 is 2. The Hall–Kier alpha value is -4.95. The lowest BCUT2D eigenvalue weighted by molar-refractivity contribution is 0.355. The number of fused-ring (bicyclic) bond motifs is 2. The van der Waals surface area contributed by atoms with E-state index in [2.05, 4.69) is 25.7 Å². The summed E-state index contributed by atoms with van der Waals surface area (Å²) in [6.07, 6.45) is 1.57. The van der Waals surface area contributed by atoms with E-state index in [9.17, 15) is 0 Å². The Morgan fingerprint density at radius 2 is 1.41 bits per heavy atom. The van der Waals surface area contributed by atoms with Crippen LogP contribution in [0, 0.1) is 0 Å². The molecule has 2 aromatic heterocycles. The van der Waals surface area contributed by atoms with Crippen molar-refractivity contribution in [2.75, 3.05) is 19.5 Å².